The van der Waals surface area contributed by atoms with Crippen molar-refractivity contribution in [3.8, 4) is 5.69 Å². The number of rotatable bonds is 3. The lowest BCUT2D eigenvalue weighted by Gasteiger charge is -2.12. The number of carbonyl (C=O) groups is 1. The lowest BCUT2D eigenvalue weighted by molar-refractivity contribution is 0.0518. The average molecular weight is 424 g/mol. The Morgan fingerprint density at radius 2 is 2.00 bits per heavy atom. The molecular formula is C21H18BrN3O2. The van der Waals surface area contributed by atoms with E-state index in [0.29, 0.717) is 12.3 Å². The number of aliphatic imine (C=N–C) groups is 1. The fourth-order valence-corrected chi connectivity index (χ4v) is 3.73. The van der Waals surface area contributed by atoms with Gasteiger partial charge in [0.1, 0.15) is 6.33 Å². The smallest absolute Gasteiger partial charge is 0.358 e. The molecule has 1 atom stereocenters. The lowest BCUT2D eigenvalue weighted by Crippen LogP contribution is -2.11. The third kappa shape index (κ3) is 3.10. The lowest BCUT2D eigenvalue weighted by atomic mass is 10.0. The van der Waals surface area contributed by atoms with Crippen LogP contribution in [0, 0.1) is 0 Å². The Labute approximate surface area is 165 Å². The van der Waals surface area contributed by atoms with E-state index in [-0.39, 0.29) is 6.04 Å². The van der Waals surface area contributed by atoms with E-state index in [9.17, 15) is 4.79 Å². The number of hydrogen-bond acceptors (Lipinski definition) is 4. The molecule has 1 aromatic heterocycles. The topological polar surface area (TPSA) is 56.5 Å². The summed E-state index contributed by atoms with van der Waals surface area (Å²) in [5.74, 6) is -0.421. The number of benzene rings is 2. The second kappa shape index (κ2) is 7.12. The van der Waals surface area contributed by atoms with Crippen molar-refractivity contribution in [1.29, 1.82) is 0 Å². The first-order valence-electron chi connectivity index (χ1n) is 8.78. The number of ether oxygens (including phenoxy) is 1. The summed E-state index contributed by atoms with van der Waals surface area (Å²) >= 11 is 3.57. The predicted octanol–water partition coefficient (Wildman–Crippen LogP) is 4.72. The molecule has 136 valence electrons. The van der Waals surface area contributed by atoms with E-state index in [4.69, 9.17) is 9.73 Å². The number of halogens is 1. The maximum atomic E-state index is 12.4. The van der Waals surface area contributed by atoms with Gasteiger partial charge >= 0.3 is 5.97 Å². The van der Waals surface area contributed by atoms with Crippen molar-refractivity contribution in [3.63, 3.8) is 0 Å². The molecule has 0 unspecified atom stereocenters. The molecule has 3 aromatic rings. The molecule has 0 amide bonds. The van der Waals surface area contributed by atoms with Crippen LogP contribution in [-0.4, -0.2) is 27.8 Å². The van der Waals surface area contributed by atoms with Crippen molar-refractivity contribution in [3.05, 3.63) is 81.8 Å². The molecule has 27 heavy (non-hydrogen) atoms. The van der Waals surface area contributed by atoms with E-state index in [0.717, 1.165) is 32.7 Å². The zero-order chi connectivity index (χ0) is 19.0. The molecule has 2 heterocycles. The standard InChI is InChI=1S/C21H18BrN3O2/c1-3-27-21(26)19-20-13(2)24-18(14-7-5-4-6-8-14)16-11-15(22)9-10-17(16)25(20)12-23-19/h4-13H,3H2,1-2H3/t13-/m0/s1. The Bertz CT molecular complexity index is 1040. The Morgan fingerprint density at radius 1 is 1.22 bits per heavy atom. The van der Waals surface area contributed by atoms with E-state index >= 15 is 0 Å². The van der Waals surface area contributed by atoms with Crippen LogP contribution in [0.25, 0.3) is 5.69 Å². The van der Waals surface area contributed by atoms with Gasteiger partial charge in [-0.15, -0.1) is 0 Å². The molecule has 6 heteroatoms. The Hall–Kier alpha value is -2.73. The van der Waals surface area contributed by atoms with E-state index in [1.165, 1.54) is 0 Å². The Balaban J connectivity index is 1.98. The summed E-state index contributed by atoms with van der Waals surface area (Å²) in [5, 5.41) is 0. The predicted molar refractivity (Wildman–Crippen MR) is 108 cm³/mol. The maximum absolute atomic E-state index is 12.4. The van der Waals surface area contributed by atoms with Crippen LogP contribution in [-0.2, 0) is 4.74 Å². The highest BCUT2D eigenvalue weighted by molar-refractivity contribution is 9.10. The van der Waals surface area contributed by atoms with Gasteiger partial charge in [-0.25, -0.2) is 9.78 Å². The molecule has 5 nitrogen and oxygen atoms in total. The van der Waals surface area contributed by atoms with Gasteiger partial charge in [0.25, 0.3) is 0 Å². The SMILES string of the molecule is CCOC(=O)c1ncn2c1[C@H](C)N=C(c1ccccc1)c1cc(Br)ccc1-2. The van der Waals surface area contributed by atoms with Crippen molar-refractivity contribution < 1.29 is 9.53 Å². The molecule has 0 aliphatic carbocycles. The summed E-state index contributed by atoms with van der Waals surface area (Å²) in [4.78, 5) is 21.7. The third-order valence-corrected chi connectivity index (χ3v) is 5.01. The van der Waals surface area contributed by atoms with Crippen molar-refractivity contribution in [2.45, 2.75) is 19.9 Å². The monoisotopic (exact) mass is 423 g/mol. The minimum atomic E-state index is -0.421. The zero-order valence-electron chi connectivity index (χ0n) is 15.0. The van der Waals surface area contributed by atoms with Gasteiger partial charge in [-0.05, 0) is 32.0 Å². The van der Waals surface area contributed by atoms with Crippen LogP contribution in [0.15, 0.2) is 64.3 Å². The fraction of sp³-hybridized carbons (Fsp3) is 0.190. The first kappa shape index (κ1) is 17.7. The van der Waals surface area contributed by atoms with Gasteiger partial charge in [-0.3, -0.25) is 9.56 Å². The van der Waals surface area contributed by atoms with E-state index in [1.807, 2.05) is 60.0 Å². The minimum absolute atomic E-state index is 0.256. The molecule has 0 spiro atoms. The zero-order valence-corrected chi connectivity index (χ0v) is 16.6. The van der Waals surface area contributed by atoms with Gasteiger partial charge < -0.3 is 4.74 Å². The Kier molecular flexibility index (Phi) is 4.66. The van der Waals surface area contributed by atoms with E-state index in [1.54, 1.807) is 13.3 Å². The normalized spacial score (nSPS) is 15.4. The number of fused-ring (bicyclic) bond motifs is 3. The number of imidazole rings is 1. The summed E-state index contributed by atoms with van der Waals surface area (Å²) in [6, 6.07) is 15.8. The van der Waals surface area contributed by atoms with E-state index in [2.05, 4.69) is 20.9 Å². The molecule has 0 radical (unpaired) electrons. The largest absolute Gasteiger partial charge is 0.461 e. The summed E-state index contributed by atoms with van der Waals surface area (Å²) in [6.45, 7) is 4.07. The van der Waals surface area contributed by atoms with Crippen LogP contribution >= 0.6 is 15.9 Å². The van der Waals surface area contributed by atoms with Crippen LogP contribution in [0.4, 0.5) is 0 Å². The summed E-state index contributed by atoms with van der Waals surface area (Å²) in [7, 11) is 0. The van der Waals surface area contributed by atoms with Gasteiger partial charge in [0, 0.05) is 15.6 Å². The molecule has 2 aromatic carbocycles. The molecule has 0 N–H and O–H groups in total. The van der Waals surface area contributed by atoms with Crippen LogP contribution in [0.2, 0.25) is 0 Å². The first-order valence-corrected chi connectivity index (χ1v) is 9.57. The highest BCUT2D eigenvalue weighted by atomic mass is 79.9. The average Bonchev–Trinajstić information content (AvgIpc) is 3.07. The highest BCUT2D eigenvalue weighted by Gasteiger charge is 2.29. The van der Waals surface area contributed by atoms with Gasteiger partial charge in [0.2, 0.25) is 0 Å². The summed E-state index contributed by atoms with van der Waals surface area (Å²) < 4.78 is 8.10. The molecule has 4 rings (SSSR count). The molecule has 0 saturated heterocycles. The fourth-order valence-electron chi connectivity index (χ4n) is 3.36. The van der Waals surface area contributed by atoms with Crippen LogP contribution in [0.1, 0.15) is 47.2 Å². The van der Waals surface area contributed by atoms with Crippen LogP contribution in [0.5, 0.6) is 0 Å². The van der Waals surface area contributed by atoms with Crippen molar-refractivity contribution >= 4 is 27.6 Å². The van der Waals surface area contributed by atoms with Crippen molar-refractivity contribution in [2.24, 2.45) is 4.99 Å². The third-order valence-electron chi connectivity index (χ3n) is 4.51. The van der Waals surface area contributed by atoms with Gasteiger partial charge in [0.05, 0.1) is 29.7 Å². The van der Waals surface area contributed by atoms with E-state index < -0.39 is 5.97 Å². The maximum Gasteiger partial charge on any atom is 0.358 e. The minimum Gasteiger partial charge on any atom is -0.461 e. The first-order chi connectivity index (χ1) is 13.1. The molecule has 1 aliphatic heterocycles. The van der Waals surface area contributed by atoms with Crippen LogP contribution in [0.3, 0.4) is 0 Å². The summed E-state index contributed by atoms with van der Waals surface area (Å²) in [5.41, 5.74) is 4.88. The number of aromatic nitrogens is 2. The number of esters is 1. The van der Waals surface area contributed by atoms with Crippen molar-refractivity contribution in [2.75, 3.05) is 6.61 Å². The molecule has 0 fully saturated rings. The molecule has 0 bridgehead atoms. The number of nitrogens with zero attached hydrogens (tertiary/aromatic N) is 3. The van der Waals surface area contributed by atoms with Gasteiger partial charge in [-0.2, -0.15) is 0 Å². The number of hydrogen-bond donors (Lipinski definition) is 0. The second-order valence-corrected chi connectivity index (χ2v) is 7.17. The quantitative estimate of drug-likeness (QED) is 0.572. The van der Waals surface area contributed by atoms with Crippen LogP contribution < -0.4 is 0 Å². The molecular weight excluding hydrogens is 406 g/mol. The second-order valence-electron chi connectivity index (χ2n) is 6.25. The number of carbonyl (C=O) groups excluding carboxylic acids is 1. The van der Waals surface area contributed by atoms with Gasteiger partial charge in [-0.1, -0.05) is 46.3 Å². The molecule has 1 aliphatic rings. The Morgan fingerprint density at radius 3 is 2.74 bits per heavy atom. The molecule has 0 saturated carbocycles. The van der Waals surface area contributed by atoms with Crippen molar-refractivity contribution in [1.82, 2.24) is 9.55 Å². The highest BCUT2D eigenvalue weighted by Crippen LogP contribution is 2.33. The van der Waals surface area contributed by atoms with Gasteiger partial charge in [0.15, 0.2) is 5.69 Å². The summed E-state index contributed by atoms with van der Waals surface area (Å²) in [6.07, 6.45) is 1.67.